The lowest BCUT2D eigenvalue weighted by atomic mass is 10.0. The van der Waals surface area contributed by atoms with E-state index < -0.39 is 0 Å². The largest absolute Gasteiger partial charge is 0.462 e. The molecule has 0 heterocycles. The van der Waals surface area contributed by atoms with E-state index in [0.717, 1.165) is 11.1 Å². The molecule has 15 heavy (non-hydrogen) atoms. The van der Waals surface area contributed by atoms with E-state index in [1.165, 1.54) is 0 Å². The van der Waals surface area contributed by atoms with Gasteiger partial charge in [-0.15, -0.1) is 0 Å². The van der Waals surface area contributed by atoms with Crippen molar-refractivity contribution in [3.63, 3.8) is 0 Å². The van der Waals surface area contributed by atoms with Crippen LogP contribution in [0.2, 0.25) is 0 Å². The fourth-order valence-electron chi connectivity index (χ4n) is 1.46. The number of hydrogen-bond acceptors (Lipinski definition) is 2. The first kappa shape index (κ1) is 11.3. The molecule has 0 saturated carbocycles. The molecule has 0 radical (unpaired) electrons. The minimum absolute atomic E-state index is 0.333. The normalized spacial score (nSPS) is 9.47. The summed E-state index contributed by atoms with van der Waals surface area (Å²) in [7, 11) is 0. The highest BCUT2D eigenvalue weighted by Crippen LogP contribution is 2.25. The third-order valence-electron chi connectivity index (χ3n) is 2.11. The predicted octanol–water partition coefficient (Wildman–Crippen LogP) is 3.03. The average molecular weight is 203 g/mol. The Morgan fingerprint density at radius 2 is 1.93 bits per heavy atom. The number of carbonyl (C=O) groups excluding carboxylic acids is 1. The Kier molecular flexibility index (Phi) is 3.46. The monoisotopic (exact) mass is 203 g/mol. The van der Waals surface area contributed by atoms with Crippen LogP contribution in [0, 0.1) is 20.4 Å². The summed E-state index contributed by atoms with van der Waals surface area (Å²) in [6.07, 6.45) is 0. The van der Waals surface area contributed by atoms with Crippen molar-refractivity contribution < 1.29 is 9.53 Å². The van der Waals surface area contributed by atoms with Gasteiger partial charge in [-0.3, -0.25) is 0 Å². The summed E-state index contributed by atoms with van der Waals surface area (Å²) in [5.41, 5.74) is 2.75. The van der Waals surface area contributed by atoms with Crippen molar-refractivity contribution in [2.24, 2.45) is 0 Å². The molecule has 0 amide bonds. The quantitative estimate of drug-likeness (QED) is 0.546. The van der Waals surface area contributed by atoms with Crippen molar-refractivity contribution in [3.05, 3.63) is 40.2 Å². The number of rotatable bonds is 2. The van der Waals surface area contributed by atoms with Crippen LogP contribution < -0.4 is 0 Å². The van der Waals surface area contributed by atoms with Gasteiger partial charge in [-0.25, -0.2) is 9.64 Å². The Balaban J connectivity index is 3.15. The summed E-state index contributed by atoms with van der Waals surface area (Å²) in [5.74, 6) is -0.333. The lowest BCUT2D eigenvalue weighted by Crippen LogP contribution is -2.05. The average Bonchev–Trinajstić information content (AvgIpc) is 2.17. The zero-order valence-corrected chi connectivity index (χ0v) is 9.13. The Morgan fingerprint density at radius 3 is 2.33 bits per heavy atom. The van der Waals surface area contributed by atoms with Crippen LogP contribution in [0.25, 0.3) is 4.85 Å². The fourth-order valence-corrected chi connectivity index (χ4v) is 1.46. The molecule has 1 rings (SSSR count). The van der Waals surface area contributed by atoms with Gasteiger partial charge in [-0.1, -0.05) is 12.1 Å². The van der Waals surface area contributed by atoms with Crippen molar-refractivity contribution in [2.75, 3.05) is 6.61 Å². The molecule has 3 heteroatoms. The molecule has 78 valence electrons. The molecule has 0 bridgehead atoms. The second-order valence-corrected chi connectivity index (χ2v) is 3.29. The summed E-state index contributed by atoms with van der Waals surface area (Å²) >= 11 is 0. The first-order chi connectivity index (χ1) is 7.10. The Labute approximate surface area is 89.5 Å². The zero-order valence-electron chi connectivity index (χ0n) is 9.13. The van der Waals surface area contributed by atoms with E-state index in [0.29, 0.717) is 17.9 Å². The van der Waals surface area contributed by atoms with Crippen LogP contribution in [0.1, 0.15) is 28.4 Å². The highest BCUT2D eigenvalue weighted by atomic mass is 16.5. The minimum Gasteiger partial charge on any atom is -0.462 e. The highest BCUT2D eigenvalue weighted by molar-refractivity contribution is 5.90. The van der Waals surface area contributed by atoms with E-state index in [2.05, 4.69) is 4.85 Å². The van der Waals surface area contributed by atoms with Gasteiger partial charge in [0, 0.05) is 0 Å². The fraction of sp³-hybridized carbons (Fsp3) is 0.333. The van der Waals surface area contributed by atoms with Crippen LogP contribution in [-0.4, -0.2) is 12.6 Å². The maximum atomic E-state index is 11.4. The zero-order chi connectivity index (χ0) is 11.4. The first-order valence-corrected chi connectivity index (χ1v) is 4.76. The van der Waals surface area contributed by atoms with E-state index in [9.17, 15) is 4.79 Å². The predicted molar refractivity (Wildman–Crippen MR) is 58.1 cm³/mol. The van der Waals surface area contributed by atoms with Crippen molar-refractivity contribution >= 4 is 11.7 Å². The minimum atomic E-state index is -0.333. The molecule has 3 nitrogen and oxygen atoms in total. The van der Waals surface area contributed by atoms with Crippen LogP contribution >= 0.6 is 0 Å². The number of hydrogen-bond donors (Lipinski definition) is 0. The van der Waals surface area contributed by atoms with Crippen LogP contribution in [0.3, 0.4) is 0 Å². The SMILES string of the molecule is [C-]#[N+]c1c(C)cc(C(=O)OCC)cc1C. The number of aryl methyl sites for hydroxylation is 2. The Bertz CT molecular complexity index is 407. The van der Waals surface area contributed by atoms with Gasteiger partial charge in [0.25, 0.3) is 0 Å². The topological polar surface area (TPSA) is 30.7 Å². The molecule has 0 unspecified atom stereocenters. The lowest BCUT2D eigenvalue weighted by molar-refractivity contribution is 0.0526. The standard InChI is InChI=1S/C12H13NO2/c1-5-15-12(14)10-6-8(2)11(13-4)9(3)7-10/h6-7H,5H2,1-3H3. The lowest BCUT2D eigenvalue weighted by Gasteiger charge is -2.06. The molecule has 0 N–H and O–H groups in total. The molecule has 0 aliphatic carbocycles. The van der Waals surface area contributed by atoms with E-state index in [4.69, 9.17) is 11.3 Å². The smallest absolute Gasteiger partial charge is 0.338 e. The molecular formula is C12H13NO2. The molecule has 1 aromatic carbocycles. The van der Waals surface area contributed by atoms with E-state index in [1.54, 1.807) is 19.1 Å². The number of esters is 1. The number of nitrogens with zero attached hydrogens (tertiary/aromatic N) is 1. The van der Waals surface area contributed by atoms with Gasteiger partial charge >= 0.3 is 5.97 Å². The molecule has 0 saturated heterocycles. The van der Waals surface area contributed by atoms with E-state index in [-0.39, 0.29) is 5.97 Å². The van der Waals surface area contributed by atoms with Crippen LogP contribution in [0.5, 0.6) is 0 Å². The van der Waals surface area contributed by atoms with Crippen molar-refractivity contribution in [3.8, 4) is 0 Å². The van der Waals surface area contributed by atoms with Gasteiger partial charge in [0.1, 0.15) is 0 Å². The van der Waals surface area contributed by atoms with Gasteiger partial charge in [0.15, 0.2) is 5.69 Å². The molecular weight excluding hydrogens is 190 g/mol. The molecule has 0 aromatic heterocycles. The summed E-state index contributed by atoms with van der Waals surface area (Å²) in [6.45, 7) is 12.8. The van der Waals surface area contributed by atoms with Crippen LogP contribution in [0.15, 0.2) is 12.1 Å². The van der Waals surface area contributed by atoms with Crippen LogP contribution in [0.4, 0.5) is 5.69 Å². The van der Waals surface area contributed by atoms with Crippen molar-refractivity contribution in [1.82, 2.24) is 0 Å². The van der Waals surface area contributed by atoms with Gasteiger partial charge in [0.2, 0.25) is 0 Å². The van der Waals surface area contributed by atoms with Crippen molar-refractivity contribution in [2.45, 2.75) is 20.8 Å². The molecule has 1 aromatic rings. The molecule has 0 aliphatic rings. The molecule has 0 aliphatic heterocycles. The summed E-state index contributed by atoms with van der Waals surface area (Å²) in [6, 6.07) is 3.39. The van der Waals surface area contributed by atoms with E-state index in [1.807, 2.05) is 13.8 Å². The van der Waals surface area contributed by atoms with Gasteiger partial charge < -0.3 is 4.74 Å². The summed E-state index contributed by atoms with van der Waals surface area (Å²) in [5, 5.41) is 0. The van der Waals surface area contributed by atoms with Crippen LogP contribution in [-0.2, 0) is 4.74 Å². The number of ether oxygens (including phenoxy) is 1. The maximum absolute atomic E-state index is 11.4. The summed E-state index contributed by atoms with van der Waals surface area (Å²) in [4.78, 5) is 14.9. The molecule has 0 atom stereocenters. The van der Waals surface area contributed by atoms with Gasteiger partial charge in [-0.2, -0.15) is 0 Å². The third kappa shape index (κ3) is 2.35. The van der Waals surface area contributed by atoms with Gasteiger partial charge in [-0.05, 0) is 31.9 Å². The highest BCUT2D eigenvalue weighted by Gasteiger charge is 2.10. The number of carbonyl (C=O) groups is 1. The Hall–Kier alpha value is -1.82. The second-order valence-electron chi connectivity index (χ2n) is 3.29. The first-order valence-electron chi connectivity index (χ1n) is 4.76. The van der Waals surface area contributed by atoms with Crippen molar-refractivity contribution in [1.29, 1.82) is 0 Å². The molecule has 0 fully saturated rings. The number of benzene rings is 1. The Morgan fingerprint density at radius 1 is 1.40 bits per heavy atom. The third-order valence-corrected chi connectivity index (χ3v) is 2.11. The van der Waals surface area contributed by atoms with E-state index >= 15 is 0 Å². The second kappa shape index (κ2) is 4.61. The summed E-state index contributed by atoms with van der Waals surface area (Å²) < 4.78 is 4.90. The molecule has 0 spiro atoms. The van der Waals surface area contributed by atoms with Gasteiger partial charge in [0.05, 0.1) is 18.7 Å². The maximum Gasteiger partial charge on any atom is 0.338 e.